The lowest BCUT2D eigenvalue weighted by atomic mass is 9.83. The maximum atomic E-state index is 12.1. The van der Waals surface area contributed by atoms with Crippen LogP contribution >= 0.6 is 0 Å². The molecule has 1 aromatic rings. The monoisotopic (exact) mass is 331 g/mol. The predicted octanol–water partition coefficient (Wildman–Crippen LogP) is 1.52. The number of methoxy groups -OCH3 is 1. The Hall–Kier alpha value is -2.75. The van der Waals surface area contributed by atoms with Crippen molar-refractivity contribution in [1.29, 1.82) is 5.26 Å². The van der Waals surface area contributed by atoms with Crippen molar-refractivity contribution in [3.8, 4) is 17.6 Å². The van der Waals surface area contributed by atoms with Gasteiger partial charge in [-0.05, 0) is 25.0 Å². The first-order chi connectivity index (χ1) is 11.5. The number of amides is 2. The summed E-state index contributed by atoms with van der Waals surface area (Å²) in [6.07, 6.45) is 4.18. The summed E-state index contributed by atoms with van der Waals surface area (Å²) < 4.78 is 10.5. The third kappa shape index (κ3) is 4.16. The topological polar surface area (TPSA) is 114 Å². The van der Waals surface area contributed by atoms with Crippen LogP contribution in [0.2, 0.25) is 0 Å². The third-order valence-corrected chi connectivity index (χ3v) is 4.11. The van der Waals surface area contributed by atoms with Gasteiger partial charge in [-0.15, -0.1) is 0 Å². The van der Waals surface area contributed by atoms with Crippen LogP contribution in [0, 0.1) is 11.3 Å². The van der Waals surface area contributed by atoms with Gasteiger partial charge in [-0.25, -0.2) is 0 Å². The average molecular weight is 331 g/mol. The maximum absolute atomic E-state index is 12.1. The number of rotatable bonds is 6. The van der Waals surface area contributed by atoms with E-state index in [4.69, 9.17) is 15.2 Å². The van der Waals surface area contributed by atoms with Crippen LogP contribution in [-0.2, 0) is 4.79 Å². The van der Waals surface area contributed by atoms with Gasteiger partial charge in [0.2, 0.25) is 0 Å². The molecule has 2 rings (SSSR count). The molecule has 3 N–H and O–H groups in total. The van der Waals surface area contributed by atoms with Crippen molar-refractivity contribution in [3.63, 3.8) is 0 Å². The quantitative estimate of drug-likeness (QED) is 0.820. The molecule has 0 aliphatic heterocycles. The standard InChI is InChI=1S/C17H21N3O4/c1-23-12-5-6-13(16(19)22)14(9-12)24-10-15(21)20-17(11-18)7-3-2-4-8-17/h5-6,9H,2-4,7-8,10H2,1H3,(H2,19,22)(H,20,21). The molecule has 0 spiro atoms. The Kier molecular flexibility index (Phi) is 5.64. The molecule has 0 atom stereocenters. The highest BCUT2D eigenvalue weighted by Crippen LogP contribution is 2.28. The molecule has 0 radical (unpaired) electrons. The highest BCUT2D eigenvalue weighted by Gasteiger charge is 2.33. The molecule has 24 heavy (non-hydrogen) atoms. The van der Waals surface area contributed by atoms with Crippen molar-refractivity contribution in [3.05, 3.63) is 23.8 Å². The van der Waals surface area contributed by atoms with Gasteiger partial charge in [-0.2, -0.15) is 5.26 Å². The zero-order valence-corrected chi connectivity index (χ0v) is 13.6. The molecular weight excluding hydrogens is 310 g/mol. The smallest absolute Gasteiger partial charge is 0.259 e. The summed E-state index contributed by atoms with van der Waals surface area (Å²) in [4.78, 5) is 23.6. The molecular formula is C17H21N3O4. The van der Waals surface area contributed by atoms with Crippen molar-refractivity contribution in [2.75, 3.05) is 13.7 Å². The number of primary amides is 1. The van der Waals surface area contributed by atoms with E-state index >= 15 is 0 Å². The van der Waals surface area contributed by atoms with Crippen molar-refractivity contribution >= 4 is 11.8 Å². The fourth-order valence-corrected chi connectivity index (χ4v) is 2.82. The van der Waals surface area contributed by atoms with E-state index in [2.05, 4.69) is 11.4 Å². The largest absolute Gasteiger partial charge is 0.497 e. The molecule has 0 saturated heterocycles. The number of hydrogen-bond donors (Lipinski definition) is 2. The maximum Gasteiger partial charge on any atom is 0.259 e. The van der Waals surface area contributed by atoms with Crippen LogP contribution in [-0.4, -0.2) is 31.1 Å². The summed E-state index contributed by atoms with van der Waals surface area (Å²) in [5.41, 5.74) is 4.64. The number of carbonyl (C=O) groups is 2. The number of hydrogen-bond acceptors (Lipinski definition) is 5. The molecule has 0 bridgehead atoms. The lowest BCUT2D eigenvalue weighted by Crippen LogP contribution is -2.50. The van der Waals surface area contributed by atoms with Gasteiger partial charge < -0.3 is 20.5 Å². The van der Waals surface area contributed by atoms with Gasteiger partial charge >= 0.3 is 0 Å². The molecule has 7 heteroatoms. The Labute approximate surface area is 140 Å². The Balaban J connectivity index is 2.03. The van der Waals surface area contributed by atoms with Crippen LogP contribution in [0.15, 0.2) is 18.2 Å². The van der Waals surface area contributed by atoms with Crippen LogP contribution in [0.5, 0.6) is 11.5 Å². The van der Waals surface area contributed by atoms with Gasteiger partial charge in [-0.1, -0.05) is 19.3 Å². The van der Waals surface area contributed by atoms with Crippen molar-refractivity contribution in [2.24, 2.45) is 5.73 Å². The molecule has 2 amide bonds. The minimum Gasteiger partial charge on any atom is -0.497 e. The van der Waals surface area contributed by atoms with Crippen LogP contribution in [0.4, 0.5) is 0 Å². The summed E-state index contributed by atoms with van der Waals surface area (Å²) in [7, 11) is 1.48. The number of carbonyl (C=O) groups excluding carboxylic acids is 2. The number of nitrogens with zero attached hydrogens (tertiary/aromatic N) is 1. The van der Waals surface area contributed by atoms with Gasteiger partial charge in [-0.3, -0.25) is 9.59 Å². The first-order valence-corrected chi connectivity index (χ1v) is 7.82. The van der Waals surface area contributed by atoms with E-state index in [1.54, 1.807) is 6.07 Å². The van der Waals surface area contributed by atoms with Gasteiger partial charge in [0.25, 0.3) is 11.8 Å². The lowest BCUT2D eigenvalue weighted by molar-refractivity contribution is -0.124. The van der Waals surface area contributed by atoms with Crippen LogP contribution in [0.1, 0.15) is 42.5 Å². The Bertz CT molecular complexity index is 660. The minimum absolute atomic E-state index is 0.163. The van der Waals surface area contributed by atoms with Gasteiger partial charge in [0.05, 0.1) is 18.7 Å². The van der Waals surface area contributed by atoms with E-state index in [-0.39, 0.29) is 17.9 Å². The summed E-state index contributed by atoms with van der Waals surface area (Å²) in [6, 6.07) is 6.77. The lowest BCUT2D eigenvalue weighted by Gasteiger charge is -2.31. The van der Waals surface area contributed by atoms with Crippen molar-refractivity contribution < 1.29 is 19.1 Å². The SMILES string of the molecule is COc1ccc(C(N)=O)c(OCC(=O)NC2(C#N)CCCCC2)c1. The number of nitrogens with two attached hydrogens (primary N) is 1. The molecule has 0 aromatic heterocycles. The summed E-state index contributed by atoms with van der Waals surface area (Å²) in [6.45, 7) is -0.309. The van der Waals surface area contributed by atoms with Crippen LogP contribution in [0.3, 0.4) is 0 Å². The first kappa shape index (κ1) is 17.6. The molecule has 1 aromatic carbocycles. The van der Waals surface area contributed by atoms with E-state index in [1.807, 2.05) is 0 Å². The predicted molar refractivity (Wildman–Crippen MR) is 86.6 cm³/mol. The average Bonchev–Trinajstić information content (AvgIpc) is 2.60. The Morgan fingerprint density at radius 1 is 1.33 bits per heavy atom. The summed E-state index contributed by atoms with van der Waals surface area (Å²) >= 11 is 0. The molecule has 7 nitrogen and oxygen atoms in total. The second-order valence-electron chi connectivity index (χ2n) is 5.82. The molecule has 0 unspecified atom stereocenters. The third-order valence-electron chi connectivity index (χ3n) is 4.11. The zero-order chi connectivity index (χ0) is 17.6. The Morgan fingerprint density at radius 2 is 2.04 bits per heavy atom. The fourth-order valence-electron chi connectivity index (χ4n) is 2.82. The second kappa shape index (κ2) is 7.68. The van der Waals surface area contributed by atoms with E-state index in [9.17, 15) is 14.9 Å². The first-order valence-electron chi connectivity index (χ1n) is 7.82. The minimum atomic E-state index is -0.820. The normalized spacial score (nSPS) is 15.8. The van der Waals surface area contributed by atoms with E-state index < -0.39 is 17.4 Å². The highest BCUT2D eigenvalue weighted by molar-refractivity contribution is 5.96. The second-order valence-corrected chi connectivity index (χ2v) is 5.82. The number of nitriles is 1. The van der Waals surface area contributed by atoms with E-state index in [0.29, 0.717) is 18.6 Å². The fraction of sp³-hybridized carbons (Fsp3) is 0.471. The van der Waals surface area contributed by atoms with Gasteiger partial charge in [0, 0.05) is 6.07 Å². The Morgan fingerprint density at radius 3 is 2.62 bits per heavy atom. The molecule has 1 fully saturated rings. The van der Waals surface area contributed by atoms with Gasteiger partial charge in [0.1, 0.15) is 17.0 Å². The van der Waals surface area contributed by atoms with Crippen molar-refractivity contribution in [2.45, 2.75) is 37.6 Å². The molecule has 1 aliphatic rings. The van der Waals surface area contributed by atoms with Gasteiger partial charge in [0.15, 0.2) is 6.61 Å². The zero-order valence-electron chi connectivity index (χ0n) is 13.6. The van der Waals surface area contributed by atoms with Crippen LogP contribution in [0.25, 0.3) is 0 Å². The summed E-state index contributed by atoms with van der Waals surface area (Å²) in [5, 5.41) is 12.1. The van der Waals surface area contributed by atoms with Crippen LogP contribution < -0.4 is 20.5 Å². The molecule has 1 saturated carbocycles. The number of ether oxygens (including phenoxy) is 2. The summed E-state index contributed by atoms with van der Waals surface area (Å²) in [5.74, 6) is -0.409. The number of benzene rings is 1. The van der Waals surface area contributed by atoms with E-state index in [0.717, 1.165) is 19.3 Å². The number of nitrogens with one attached hydrogen (secondary N) is 1. The molecule has 0 heterocycles. The molecule has 1 aliphatic carbocycles. The van der Waals surface area contributed by atoms with E-state index in [1.165, 1.54) is 19.2 Å². The molecule has 128 valence electrons. The highest BCUT2D eigenvalue weighted by atomic mass is 16.5. The van der Waals surface area contributed by atoms with Crippen molar-refractivity contribution in [1.82, 2.24) is 5.32 Å².